The molecule has 148 valence electrons. The van der Waals surface area contributed by atoms with Gasteiger partial charge >= 0.3 is 6.61 Å². The van der Waals surface area contributed by atoms with Gasteiger partial charge in [-0.25, -0.2) is 14.4 Å². The van der Waals surface area contributed by atoms with E-state index in [1.807, 2.05) is 0 Å². The van der Waals surface area contributed by atoms with Crippen LogP contribution in [0.25, 0.3) is 0 Å². The summed E-state index contributed by atoms with van der Waals surface area (Å²) in [7, 11) is 0. The quantitative estimate of drug-likeness (QED) is 0.603. The number of nitrogens with zero attached hydrogens (tertiary/aromatic N) is 3. The van der Waals surface area contributed by atoms with Crippen molar-refractivity contribution in [1.82, 2.24) is 4.98 Å². The first-order chi connectivity index (χ1) is 13.4. The molecule has 1 aromatic heterocycles. The molecule has 2 aromatic rings. The number of hydrogen-bond donors (Lipinski definition) is 2. The van der Waals surface area contributed by atoms with Gasteiger partial charge in [0.15, 0.2) is 5.82 Å². The topological polar surface area (TPSA) is 98.9 Å². The predicted octanol–water partition coefficient (Wildman–Crippen LogP) is 3.31. The molecule has 0 bridgehead atoms. The Labute approximate surface area is 160 Å². The van der Waals surface area contributed by atoms with Crippen molar-refractivity contribution in [1.29, 1.82) is 0 Å². The van der Waals surface area contributed by atoms with Crippen LogP contribution in [0.4, 0.5) is 19.0 Å². The van der Waals surface area contributed by atoms with Crippen LogP contribution in [-0.2, 0) is 6.42 Å². The van der Waals surface area contributed by atoms with Gasteiger partial charge in [0, 0.05) is 12.3 Å². The first-order valence-electron chi connectivity index (χ1n) is 8.75. The normalized spacial score (nSPS) is 20.1. The molecular weight excluding hydrogens is 371 g/mol. The fourth-order valence-electron chi connectivity index (χ4n) is 3.15. The van der Waals surface area contributed by atoms with Crippen molar-refractivity contribution in [2.24, 2.45) is 21.7 Å². The number of benzene rings is 1. The third-order valence-corrected chi connectivity index (χ3v) is 4.34. The van der Waals surface area contributed by atoms with Crippen molar-refractivity contribution in [2.75, 3.05) is 0 Å². The van der Waals surface area contributed by atoms with Crippen LogP contribution >= 0.6 is 0 Å². The fraction of sp³-hybridized carbons (Fsp3) is 0.316. The number of hydrogen-bond acceptors (Lipinski definition) is 6. The molecule has 0 spiro atoms. The molecule has 1 saturated carbocycles. The lowest BCUT2D eigenvalue weighted by Gasteiger charge is -2.21. The second-order valence-electron chi connectivity index (χ2n) is 6.44. The summed E-state index contributed by atoms with van der Waals surface area (Å²) in [6.07, 6.45) is 4.26. The Balaban J connectivity index is 1.82. The van der Waals surface area contributed by atoms with Crippen molar-refractivity contribution in [2.45, 2.75) is 38.3 Å². The van der Waals surface area contributed by atoms with E-state index in [1.165, 1.54) is 12.1 Å². The fourth-order valence-corrected chi connectivity index (χ4v) is 3.15. The third-order valence-electron chi connectivity index (χ3n) is 4.34. The molecule has 9 heteroatoms. The van der Waals surface area contributed by atoms with Gasteiger partial charge in [-0.2, -0.15) is 13.9 Å². The number of nitrogens with two attached hydrogens (primary N) is 2. The van der Waals surface area contributed by atoms with E-state index in [1.54, 1.807) is 18.3 Å². The number of aromatic nitrogens is 1. The molecule has 4 N–H and O–H groups in total. The smallest absolute Gasteiger partial charge is 0.387 e. The molecule has 1 fully saturated rings. The highest BCUT2D eigenvalue weighted by Crippen LogP contribution is 2.23. The maximum absolute atomic E-state index is 13.7. The maximum atomic E-state index is 13.7. The number of halogens is 3. The average molecular weight is 391 g/mol. The minimum absolute atomic E-state index is 0.223. The van der Waals surface area contributed by atoms with Gasteiger partial charge in [0.2, 0.25) is 0 Å². The van der Waals surface area contributed by atoms with Gasteiger partial charge in [0.05, 0.1) is 17.5 Å². The van der Waals surface area contributed by atoms with Crippen molar-refractivity contribution >= 4 is 17.2 Å². The SMILES string of the molecule is N/N=C1\C(=Nc2cc(Cc3cc(F)cc(OC(F)F)c3)ccn2)CCCC1N. The van der Waals surface area contributed by atoms with E-state index in [0.717, 1.165) is 24.5 Å². The zero-order valence-corrected chi connectivity index (χ0v) is 15.0. The molecule has 0 radical (unpaired) electrons. The lowest BCUT2D eigenvalue weighted by atomic mass is 9.92. The summed E-state index contributed by atoms with van der Waals surface area (Å²) in [5, 5.41) is 3.76. The van der Waals surface area contributed by atoms with Crippen LogP contribution in [0.1, 0.15) is 30.4 Å². The standard InChI is InChI=1S/C19H20F3N5O/c20-13-7-12(8-14(10-13)28-19(21)22)6-11-4-5-25-17(9-11)26-16-3-1-2-15(23)18(16)27-24/h4-5,7-10,15,19H,1-3,6,23-24H2/b26-16?,27-18-. The molecule has 0 aliphatic heterocycles. The van der Waals surface area contributed by atoms with Crippen LogP contribution in [0.3, 0.4) is 0 Å². The molecule has 1 aromatic carbocycles. The van der Waals surface area contributed by atoms with Crippen LogP contribution in [0.15, 0.2) is 46.6 Å². The number of ether oxygens (including phenoxy) is 1. The predicted molar refractivity (Wildman–Crippen MR) is 101 cm³/mol. The molecule has 0 saturated heterocycles. The Hall–Kier alpha value is -2.94. The van der Waals surface area contributed by atoms with E-state index in [2.05, 4.69) is 19.8 Å². The van der Waals surface area contributed by atoms with Gasteiger partial charge in [0.1, 0.15) is 11.6 Å². The zero-order chi connectivity index (χ0) is 20.1. The highest BCUT2D eigenvalue weighted by molar-refractivity contribution is 6.45. The maximum Gasteiger partial charge on any atom is 0.387 e. The van der Waals surface area contributed by atoms with Crippen LogP contribution in [-0.4, -0.2) is 29.1 Å². The van der Waals surface area contributed by atoms with Gasteiger partial charge in [-0.3, -0.25) is 0 Å². The Morgan fingerprint density at radius 1 is 1.21 bits per heavy atom. The van der Waals surface area contributed by atoms with Crippen molar-refractivity contribution in [3.05, 3.63) is 53.5 Å². The highest BCUT2D eigenvalue weighted by atomic mass is 19.3. The summed E-state index contributed by atoms with van der Waals surface area (Å²) >= 11 is 0. The second kappa shape index (κ2) is 8.83. The first kappa shape index (κ1) is 19.8. The number of rotatable bonds is 5. The molecule has 1 heterocycles. The summed E-state index contributed by atoms with van der Waals surface area (Å²) in [6, 6.07) is 6.79. The van der Waals surface area contributed by atoms with Gasteiger partial charge in [-0.15, -0.1) is 0 Å². The Bertz CT molecular complexity index is 901. The van der Waals surface area contributed by atoms with Gasteiger partial charge < -0.3 is 16.3 Å². The van der Waals surface area contributed by atoms with Crippen LogP contribution in [0.5, 0.6) is 5.75 Å². The minimum Gasteiger partial charge on any atom is -0.435 e. The lowest BCUT2D eigenvalue weighted by Crippen LogP contribution is -2.40. The van der Waals surface area contributed by atoms with E-state index in [9.17, 15) is 13.2 Å². The average Bonchev–Trinajstić information content (AvgIpc) is 2.61. The van der Waals surface area contributed by atoms with Crippen molar-refractivity contribution in [3.8, 4) is 5.75 Å². The first-order valence-corrected chi connectivity index (χ1v) is 8.75. The molecule has 1 aliphatic rings. The van der Waals surface area contributed by atoms with Crippen molar-refractivity contribution in [3.63, 3.8) is 0 Å². The summed E-state index contributed by atoms with van der Waals surface area (Å²) in [5.74, 6) is 5.01. The van der Waals surface area contributed by atoms with Crippen LogP contribution in [0, 0.1) is 5.82 Å². The number of aliphatic imine (C=N–C) groups is 1. The largest absolute Gasteiger partial charge is 0.435 e. The van der Waals surface area contributed by atoms with E-state index in [-0.39, 0.29) is 11.8 Å². The number of pyridine rings is 1. The lowest BCUT2D eigenvalue weighted by molar-refractivity contribution is -0.0500. The molecule has 1 atom stereocenters. The monoisotopic (exact) mass is 391 g/mol. The summed E-state index contributed by atoms with van der Waals surface area (Å²) < 4.78 is 42.7. The molecule has 3 rings (SSSR count). The van der Waals surface area contributed by atoms with Crippen LogP contribution < -0.4 is 16.3 Å². The van der Waals surface area contributed by atoms with E-state index >= 15 is 0 Å². The summed E-state index contributed by atoms with van der Waals surface area (Å²) in [4.78, 5) is 8.74. The number of alkyl halides is 2. The van der Waals surface area contributed by atoms with Gasteiger partial charge in [-0.1, -0.05) is 0 Å². The molecule has 1 aliphatic carbocycles. The minimum atomic E-state index is -3.02. The van der Waals surface area contributed by atoms with E-state index in [4.69, 9.17) is 11.6 Å². The second-order valence-corrected chi connectivity index (χ2v) is 6.44. The highest BCUT2D eigenvalue weighted by Gasteiger charge is 2.22. The summed E-state index contributed by atoms with van der Waals surface area (Å²) in [5.41, 5.74) is 8.56. The Kier molecular flexibility index (Phi) is 6.25. The summed E-state index contributed by atoms with van der Waals surface area (Å²) in [6.45, 7) is -3.02. The van der Waals surface area contributed by atoms with E-state index < -0.39 is 12.4 Å². The van der Waals surface area contributed by atoms with E-state index in [0.29, 0.717) is 35.6 Å². The Morgan fingerprint density at radius 2 is 2.04 bits per heavy atom. The molecule has 28 heavy (non-hydrogen) atoms. The van der Waals surface area contributed by atoms with Crippen LogP contribution in [0.2, 0.25) is 0 Å². The molecule has 6 nitrogen and oxygen atoms in total. The van der Waals surface area contributed by atoms with Gasteiger partial charge in [0.25, 0.3) is 0 Å². The molecule has 1 unspecified atom stereocenters. The third kappa shape index (κ3) is 5.07. The Morgan fingerprint density at radius 3 is 2.79 bits per heavy atom. The van der Waals surface area contributed by atoms with Gasteiger partial charge in [-0.05, 0) is 61.1 Å². The van der Waals surface area contributed by atoms with Crippen molar-refractivity contribution < 1.29 is 17.9 Å². The zero-order valence-electron chi connectivity index (χ0n) is 15.0. The molecular formula is C19H20F3N5O. The molecule has 0 amide bonds. The number of hydrazone groups is 1.